The third kappa shape index (κ3) is 4.64. The van der Waals surface area contributed by atoms with Gasteiger partial charge in [0.15, 0.2) is 11.0 Å². The molecule has 2 heterocycles. The van der Waals surface area contributed by atoms with Crippen molar-refractivity contribution < 1.29 is 4.79 Å². The fraction of sp³-hybridized carbons (Fsp3) is 0.250. The lowest BCUT2D eigenvalue weighted by Crippen LogP contribution is -2.16. The highest BCUT2D eigenvalue weighted by molar-refractivity contribution is 7.99. The van der Waals surface area contributed by atoms with Crippen LogP contribution < -0.4 is 5.32 Å². The molecule has 7 nitrogen and oxygen atoms in total. The Hall–Kier alpha value is -3.00. The minimum atomic E-state index is -0.0905. The number of amides is 1. The van der Waals surface area contributed by atoms with Crippen LogP contribution in [0.1, 0.15) is 25.3 Å². The van der Waals surface area contributed by atoms with Crippen molar-refractivity contribution in [1.29, 1.82) is 0 Å². The van der Waals surface area contributed by atoms with Gasteiger partial charge in [-0.2, -0.15) is 0 Å². The first-order chi connectivity index (χ1) is 13.6. The summed E-state index contributed by atoms with van der Waals surface area (Å²) in [5.74, 6) is 1.06. The number of nitrogens with zero attached hydrogens (tertiary/aromatic N) is 5. The maximum absolute atomic E-state index is 12.5. The number of anilines is 1. The largest absolute Gasteiger partial charge is 0.325 e. The molecule has 8 heteroatoms. The van der Waals surface area contributed by atoms with E-state index < -0.39 is 0 Å². The Bertz CT molecular complexity index is 954. The van der Waals surface area contributed by atoms with Crippen LogP contribution >= 0.6 is 11.8 Å². The second kappa shape index (κ2) is 9.27. The molecular formula is C20H22N6OS. The number of hydrogen-bond donors (Lipinski definition) is 1. The molecule has 0 aliphatic carbocycles. The van der Waals surface area contributed by atoms with Gasteiger partial charge >= 0.3 is 0 Å². The van der Waals surface area contributed by atoms with E-state index in [0.29, 0.717) is 29.1 Å². The normalized spacial score (nSPS) is 10.8. The zero-order valence-corrected chi connectivity index (χ0v) is 16.7. The first-order valence-electron chi connectivity index (χ1n) is 8.92. The molecule has 3 aromatic rings. The maximum Gasteiger partial charge on any atom is 0.234 e. The lowest BCUT2D eigenvalue weighted by molar-refractivity contribution is -0.113. The van der Waals surface area contributed by atoms with Crippen molar-refractivity contribution >= 4 is 23.4 Å². The van der Waals surface area contributed by atoms with E-state index in [1.807, 2.05) is 28.8 Å². The van der Waals surface area contributed by atoms with Crippen molar-refractivity contribution in [3.8, 4) is 11.5 Å². The van der Waals surface area contributed by atoms with Crippen molar-refractivity contribution in [2.45, 2.75) is 31.5 Å². The lowest BCUT2D eigenvalue weighted by Gasteiger charge is -2.13. The summed E-state index contributed by atoms with van der Waals surface area (Å²) in [5, 5.41) is 12.1. The number of thioether (sulfide) groups is 1. The maximum atomic E-state index is 12.5. The molecule has 3 rings (SSSR count). The zero-order valence-electron chi connectivity index (χ0n) is 15.9. The number of carbonyl (C=O) groups is 1. The van der Waals surface area contributed by atoms with Crippen LogP contribution in [0.3, 0.4) is 0 Å². The molecular weight excluding hydrogens is 372 g/mol. The number of para-hydroxylation sites is 1. The van der Waals surface area contributed by atoms with Gasteiger partial charge in [-0.25, -0.2) is 4.98 Å². The van der Waals surface area contributed by atoms with Crippen molar-refractivity contribution in [3.63, 3.8) is 0 Å². The highest BCUT2D eigenvalue weighted by Gasteiger charge is 2.16. The predicted molar refractivity (Wildman–Crippen MR) is 111 cm³/mol. The summed E-state index contributed by atoms with van der Waals surface area (Å²) in [6, 6.07) is 7.85. The summed E-state index contributed by atoms with van der Waals surface area (Å²) < 4.78 is 1.87. The fourth-order valence-corrected chi connectivity index (χ4v) is 3.47. The monoisotopic (exact) mass is 394 g/mol. The van der Waals surface area contributed by atoms with Crippen LogP contribution in [-0.2, 0) is 11.3 Å². The molecule has 0 unspecified atom stereocenters. The van der Waals surface area contributed by atoms with Gasteiger partial charge < -0.3 is 5.32 Å². The SMILES string of the molecule is C=CCn1c(SCC(=O)Nc2ccccc2C(C)C)nnc1-c1cnccn1. The molecule has 1 aromatic carbocycles. The highest BCUT2D eigenvalue weighted by Crippen LogP contribution is 2.25. The highest BCUT2D eigenvalue weighted by atomic mass is 32.2. The molecule has 1 amide bonds. The third-order valence-corrected chi connectivity index (χ3v) is 4.98. The molecule has 0 saturated heterocycles. The van der Waals surface area contributed by atoms with E-state index >= 15 is 0 Å². The standard InChI is InChI=1S/C20H22N6OS/c1-4-11-26-19(17-12-21-9-10-22-17)24-25-20(26)28-13-18(27)23-16-8-6-5-7-15(16)14(2)3/h4-10,12,14H,1,11,13H2,2-3H3,(H,23,27). The van der Waals surface area contributed by atoms with Gasteiger partial charge in [0.1, 0.15) is 5.69 Å². The van der Waals surface area contributed by atoms with Crippen LogP contribution in [0, 0.1) is 0 Å². The molecule has 0 saturated carbocycles. The summed E-state index contributed by atoms with van der Waals surface area (Å²) in [7, 11) is 0. The second-order valence-electron chi connectivity index (χ2n) is 6.37. The minimum Gasteiger partial charge on any atom is -0.325 e. The van der Waals surface area contributed by atoms with Gasteiger partial charge in [-0.15, -0.1) is 16.8 Å². The Kier molecular flexibility index (Phi) is 6.54. The molecule has 0 aliphatic heterocycles. The minimum absolute atomic E-state index is 0.0905. The third-order valence-electron chi connectivity index (χ3n) is 4.01. The molecule has 0 spiro atoms. The van der Waals surface area contributed by atoms with E-state index in [9.17, 15) is 4.79 Å². The van der Waals surface area contributed by atoms with Gasteiger partial charge in [-0.05, 0) is 17.5 Å². The average Bonchev–Trinajstić information content (AvgIpc) is 3.10. The number of carbonyl (C=O) groups excluding carboxylic acids is 1. The summed E-state index contributed by atoms with van der Waals surface area (Å²) in [6.07, 6.45) is 6.60. The quantitative estimate of drug-likeness (QED) is 0.462. The lowest BCUT2D eigenvalue weighted by atomic mass is 10.0. The van der Waals surface area contributed by atoms with Crippen molar-refractivity contribution in [2.24, 2.45) is 0 Å². The van der Waals surface area contributed by atoms with E-state index in [-0.39, 0.29) is 11.7 Å². The number of allylic oxidation sites excluding steroid dienone is 1. The molecule has 1 N–H and O–H groups in total. The summed E-state index contributed by atoms with van der Waals surface area (Å²) in [4.78, 5) is 20.8. The van der Waals surface area contributed by atoms with Crippen LogP contribution in [0.15, 0.2) is 60.7 Å². The van der Waals surface area contributed by atoms with Gasteiger partial charge in [0.2, 0.25) is 5.91 Å². The van der Waals surface area contributed by atoms with E-state index in [2.05, 4.69) is 45.9 Å². The van der Waals surface area contributed by atoms with E-state index in [1.54, 1.807) is 24.7 Å². The Morgan fingerprint density at radius 1 is 1.29 bits per heavy atom. The smallest absolute Gasteiger partial charge is 0.234 e. The number of rotatable bonds is 8. The van der Waals surface area contributed by atoms with Gasteiger partial charge in [0, 0.05) is 24.6 Å². The van der Waals surface area contributed by atoms with Crippen LogP contribution in [-0.4, -0.2) is 36.4 Å². The Morgan fingerprint density at radius 2 is 2.11 bits per heavy atom. The Morgan fingerprint density at radius 3 is 2.82 bits per heavy atom. The van der Waals surface area contributed by atoms with Crippen molar-refractivity contribution in [3.05, 3.63) is 61.1 Å². The van der Waals surface area contributed by atoms with E-state index in [0.717, 1.165) is 11.3 Å². The number of nitrogens with one attached hydrogen (secondary N) is 1. The van der Waals surface area contributed by atoms with Crippen LogP contribution in [0.4, 0.5) is 5.69 Å². The van der Waals surface area contributed by atoms with Crippen LogP contribution in [0.25, 0.3) is 11.5 Å². The molecule has 0 fully saturated rings. The topological polar surface area (TPSA) is 85.6 Å². The number of aromatic nitrogens is 5. The molecule has 2 aromatic heterocycles. The summed E-state index contributed by atoms with van der Waals surface area (Å²) in [5.41, 5.74) is 2.58. The van der Waals surface area contributed by atoms with Crippen molar-refractivity contribution in [1.82, 2.24) is 24.7 Å². The first kappa shape index (κ1) is 19.8. The number of hydrogen-bond acceptors (Lipinski definition) is 6. The van der Waals surface area contributed by atoms with Gasteiger partial charge in [0.25, 0.3) is 0 Å². The van der Waals surface area contributed by atoms with E-state index in [4.69, 9.17) is 0 Å². The van der Waals surface area contributed by atoms with E-state index in [1.165, 1.54) is 11.8 Å². The van der Waals surface area contributed by atoms with Gasteiger partial charge in [0.05, 0.1) is 11.9 Å². The van der Waals surface area contributed by atoms with Gasteiger partial charge in [-0.1, -0.05) is 49.9 Å². The Balaban J connectivity index is 1.72. The summed E-state index contributed by atoms with van der Waals surface area (Å²) >= 11 is 1.33. The fourth-order valence-electron chi connectivity index (χ4n) is 2.72. The second-order valence-corrected chi connectivity index (χ2v) is 7.32. The first-order valence-corrected chi connectivity index (χ1v) is 9.90. The average molecular weight is 395 g/mol. The molecule has 0 radical (unpaired) electrons. The van der Waals surface area contributed by atoms with Gasteiger partial charge in [-0.3, -0.25) is 14.3 Å². The molecule has 0 bridgehead atoms. The molecule has 0 atom stereocenters. The predicted octanol–water partition coefficient (Wildman–Crippen LogP) is 3.78. The zero-order chi connectivity index (χ0) is 19.9. The Labute approximate surface area is 168 Å². The van der Waals surface area contributed by atoms with Crippen LogP contribution in [0.5, 0.6) is 0 Å². The van der Waals surface area contributed by atoms with Crippen LogP contribution in [0.2, 0.25) is 0 Å². The molecule has 0 aliphatic rings. The molecule has 144 valence electrons. The summed E-state index contributed by atoms with van der Waals surface area (Å²) in [6.45, 7) is 8.51. The van der Waals surface area contributed by atoms with Crippen molar-refractivity contribution in [2.75, 3.05) is 11.1 Å². The molecule has 28 heavy (non-hydrogen) atoms. The number of benzene rings is 1.